The Bertz CT molecular complexity index is 883. The molecule has 0 bridgehead atoms. The Balaban J connectivity index is 2.64. The Kier molecular flexibility index (Phi) is 13.1. The van der Waals surface area contributed by atoms with Gasteiger partial charge in [0, 0.05) is 10.4 Å². The second-order valence-electron chi connectivity index (χ2n) is 10.3. The van der Waals surface area contributed by atoms with Crippen LogP contribution in [0.4, 0.5) is 0 Å². The summed E-state index contributed by atoms with van der Waals surface area (Å²) in [7, 11) is 3.50. The monoisotopic (exact) mass is 488 g/mol. The van der Waals surface area contributed by atoms with Crippen LogP contribution in [0, 0.1) is 20.8 Å². The summed E-state index contributed by atoms with van der Waals surface area (Å²) in [6.07, 6.45) is 15.4. The average Bonchev–Trinajstić information content (AvgIpc) is 2.75. The molecule has 0 aliphatic heterocycles. The number of allylic oxidation sites excluding steroid dienone is 6. The third kappa shape index (κ3) is 9.90. The molecule has 1 aromatic carbocycles. The van der Waals surface area contributed by atoms with Crippen molar-refractivity contribution in [2.75, 3.05) is 14.2 Å². The molecular weight excluding hydrogens is 440 g/mol. The van der Waals surface area contributed by atoms with Gasteiger partial charge in [-0.05, 0) is 123 Å². The summed E-state index contributed by atoms with van der Waals surface area (Å²) < 4.78 is 11.5. The first-order chi connectivity index (χ1) is 15.9. The third-order valence-corrected chi connectivity index (χ3v) is 7.27. The first kappa shape index (κ1) is 30.4. The van der Waals surface area contributed by atoms with Gasteiger partial charge < -0.3 is 9.47 Å². The second kappa shape index (κ2) is 14.7. The molecule has 1 rings (SSSR count). The van der Waals surface area contributed by atoms with Gasteiger partial charge in [0.25, 0.3) is 0 Å². The Hall–Kier alpha value is -1.67. The third-order valence-electron chi connectivity index (χ3n) is 6.90. The fraction of sp³-hybridized carbons (Fsp3) is 0.613. The van der Waals surface area contributed by atoms with Crippen molar-refractivity contribution < 1.29 is 9.47 Å². The van der Waals surface area contributed by atoms with E-state index in [0.717, 1.165) is 79.6 Å². The lowest BCUT2D eigenvalue weighted by molar-refractivity contribution is 0.388. The minimum absolute atomic E-state index is 0.248. The fourth-order valence-corrected chi connectivity index (χ4v) is 4.71. The van der Waals surface area contributed by atoms with Gasteiger partial charge in [0.15, 0.2) is 0 Å². The number of benzene rings is 1. The van der Waals surface area contributed by atoms with E-state index in [-0.39, 0.29) is 4.87 Å². The minimum atomic E-state index is -0.248. The predicted octanol–water partition coefficient (Wildman–Crippen LogP) is 9.76. The van der Waals surface area contributed by atoms with E-state index in [1.54, 1.807) is 14.2 Å². The van der Waals surface area contributed by atoms with E-state index in [1.165, 1.54) is 22.3 Å². The van der Waals surface area contributed by atoms with Crippen LogP contribution in [0.3, 0.4) is 0 Å². The molecule has 0 radical (unpaired) electrons. The van der Waals surface area contributed by atoms with Crippen molar-refractivity contribution in [1.29, 1.82) is 0 Å². The Morgan fingerprint density at radius 1 is 0.735 bits per heavy atom. The van der Waals surface area contributed by atoms with E-state index >= 15 is 0 Å². The van der Waals surface area contributed by atoms with Gasteiger partial charge in [-0.25, -0.2) is 0 Å². The lowest BCUT2D eigenvalue weighted by atomic mass is 9.90. The van der Waals surface area contributed by atoms with Crippen LogP contribution in [0.15, 0.2) is 34.9 Å². The van der Waals surface area contributed by atoms with Gasteiger partial charge in [-0.1, -0.05) is 34.9 Å². The molecule has 3 heteroatoms. The smallest absolute Gasteiger partial charge is 0.125 e. The molecule has 0 aromatic heterocycles. The number of hydrogen-bond acceptors (Lipinski definition) is 2. The van der Waals surface area contributed by atoms with E-state index in [4.69, 9.17) is 21.1 Å². The highest BCUT2D eigenvalue weighted by molar-refractivity contribution is 6.23. The highest BCUT2D eigenvalue weighted by Crippen LogP contribution is 2.39. The van der Waals surface area contributed by atoms with Crippen molar-refractivity contribution in [1.82, 2.24) is 0 Å². The molecule has 0 fully saturated rings. The predicted molar refractivity (Wildman–Crippen MR) is 151 cm³/mol. The van der Waals surface area contributed by atoms with E-state index < -0.39 is 0 Å². The Morgan fingerprint density at radius 2 is 1.24 bits per heavy atom. The SMILES string of the molecule is COc1c(C)c(C)c(OC)c(CCC(C)(Cl)CCC=C(C)CCC=C(C)CCC=C(C)C)c1C. The van der Waals surface area contributed by atoms with E-state index in [0.29, 0.717) is 0 Å². The molecule has 0 aliphatic rings. The van der Waals surface area contributed by atoms with Gasteiger partial charge in [-0.2, -0.15) is 0 Å². The van der Waals surface area contributed by atoms with Crippen LogP contribution in [0.25, 0.3) is 0 Å². The number of rotatable bonds is 14. The van der Waals surface area contributed by atoms with Crippen LogP contribution in [0.5, 0.6) is 11.5 Å². The average molecular weight is 489 g/mol. The summed E-state index contributed by atoms with van der Waals surface area (Å²) in [5.41, 5.74) is 9.02. The molecule has 0 N–H and O–H groups in total. The maximum absolute atomic E-state index is 6.96. The molecule has 1 aromatic rings. The molecule has 0 amide bonds. The molecule has 0 aliphatic carbocycles. The van der Waals surface area contributed by atoms with E-state index in [2.05, 4.69) is 73.6 Å². The van der Waals surface area contributed by atoms with Crippen LogP contribution >= 0.6 is 11.6 Å². The van der Waals surface area contributed by atoms with Gasteiger partial charge in [-0.3, -0.25) is 0 Å². The largest absolute Gasteiger partial charge is 0.496 e. The molecule has 0 saturated carbocycles. The van der Waals surface area contributed by atoms with Crippen LogP contribution < -0.4 is 9.47 Å². The quantitative estimate of drug-likeness (QED) is 0.191. The highest BCUT2D eigenvalue weighted by Gasteiger charge is 2.24. The molecule has 0 heterocycles. The zero-order valence-electron chi connectivity index (χ0n) is 23.6. The van der Waals surface area contributed by atoms with Crippen LogP contribution in [-0.4, -0.2) is 19.1 Å². The van der Waals surface area contributed by atoms with Gasteiger partial charge in [-0.15, -0.1) is 11.6 Å². The van der Waals surface area contributed by atoms with Gasteiger partial charge in [0.1, 0.15) is 11.5 Å². The first-order valence-electron chi connectivity index (χ1n) is 12.8. The summed E-state index contributed by atoms with van der Waals surface area (Å²) in [5.74, 6) is 1.94. The topological polar surface area (TPSA) is 18.5 Å². The lowest BCUT2D eigenvalue weighted by Crippen LogP contribution is -2.18. The molecule has 0 saturated heterocycles. The van der Waals surface area contributed by atoms with Gasteiger partial charge in [0.2, 0.25) is 0 Å². The maximum atomic E-state index is 6.96. The number of methoxy groups -OCH3 is 2. The maximum Gasteiger partial charge on any atom is 0.125 e. The van der Waals surface area contributed by atoms with Crippen molar-refractivity contribution in [2.45, 2.75) is 112 Å². The summed E-state index contributed by atoms with van der Waals surface area (Å²) in [6, 6.07) is 0. The standard InChI is InChI=1S/C31H49ClO2/c1-22(2)14-11-15-23(3)16-12-17-24(4)18-13-20-31(8,32)21-19-28-27(7)29(33-9)25(5)26(6)30(28)34-10/h14,16,18H,11-13,15,17,19-21H2,1-10H3. The van der Waals surface area contributed by atoms with Gasteiger partial charge >= 0.3 is 0 Å². The first-order valence-corrected chi connectivity index (χ1v) is 13.2. The highest BCUT2D eigenvalue weighted by atomic mass is 35.5. The van der Waals surface area contributed by atoms with Crippen LogP contribution in [0.2, 0.25) is 0 Å². The summed E-state index contributed by atoms with van der Waals surface area (Å²) in [6.45, 7) is 17.3. The lowest BCUT2D eigenvalue weighted by Gasteiger charge is -2.25. The van der Waals surface area contributed by atoms with E-state index in [9.17, 15) is 0 Å². The van der Waals surface area contributed by atoms with Crippen molar-refractivity contribution in [3.63, 3.8) is 0 Å². The molecule has 192 valence electrons. The number of hydrogen-bond donors (Lipinski definition) is 0. The fourth-order valence-electron chi connectivity index (χ4n) is 4.51. The molecule has 0 spiro atoms. The zero-order chi connectivity index (χ0) is 25.9. The van der Waals surface area contributed by atoms with E-state index in [1.807, 2.05) is 0 Å². The Morgan fingerprint density at radius 3 is 1.76 bits per heavy atom. The minimum Gasteiger partial charge on any atom is -0.496 e. The van der Waals surface area contributed by atoms with Crippen LogP contribution in [0.1, 0.15) is 102 Å². The number of ether oxygens (including phenoxy) is 2. The summed E-state index contributed by atoms with van der Waals surface area (Å²) in [5, 5.41) is 0. The van der Waals surface area contributed by atoms with Crippen molar-refractivity contribution in [3.8, 4) is 11.5 Å². The molecule has 34 heavy (non-hydrogen) atoms. The van der Waals surface area contributed by atoms with Crippen molar-refractivity contribution >= 4 is 11.6 Å². The van der Waals surface area contributed by atoms with Gasteiger partial charge in [0.05, 0.1) is 14.2 Å². The summed E-state index contributed by atoms with van der Waals surface area (Å²) >= 11 is 6.96. The number of halogens is 1. The summed E-state index contributed by atoms with van der Waals surface area (Å²) in [4.78, 5) is -0.248. The number of alkyl halides is 1. The second-order valence-corrected chi connectivity index (χ2v) is 11.2. The molecule has 1 atom stereocenters. The molecule has 2 nitrogen and oxygen atoms in total. The Labute approximate surface area is 215 Å². The molecular formula is C31H49ClO2. The molecule has 1 unspecified atom stereocenters. The zero-order valence-corrected chi connectivity index (χ0v) is 24.3. The normalized spacial score (nSPS) is 14.1. The van der Waals surface area contributed by atoms with Crippen LogP contribution in [-0.2, 0) is 6.42 Å². The van der Waals surface area contributed by atoms with Crippen molar-refractivity contribution in [2.24, 2.45) is 0 Å². The van der Waals surface area contributed by atoms with Crippen molar-refractivity contribution in [3.05, 3.63) is 57.2 Å².